The number of aromatic nitrogens is 3. The second-order valence-electron chi connectivity index (χ2n) is 8.50. The van der Waals surface area contributed by atoms with Crippen molar-refractivity contribution in [2.24, 2.45) is 0 Å². The smallest absolute Gasteiger partial charge is 0.226 e. The Balaban J connectivity index is 1.68. The molecule has 0 amide bonds. The van der Waals surface area contributed by atoms with Crippen molar-refractivity contribution in [2.45, 2.75) is 58.0 Å². The summed E-state index contributed by atoms with van der Waals surface area (Å²) in [4.78, 5) is 17.4. The summed E-state index contributed by atoms with van der Waals surface area (Å²) in [6.07, 6.45) is 7.60. The third kappa shape index (κ3) is 3.48. The molecule has 2 aliphatic heterocycles. The Morgan fingerprint density at radius 1 is 1.00 bits per heavy atom. The number of benzene rings is 1. The number of nitrogens with one attached hydrogen (secondary N) is 1. The number of para-hydroxylation sites is 1. The van der Waals surface area contributed by atoms with Gasteiger partial charge in [-0.1, -0.05) is 18.2 Å². The lowest BCUT2D eigenvalue weighted by atomic mass is 9.97. The molecule has 2 atom stereocenters. The molecule has 150 valence electrons. The van der Waals surface area contributed by atoms with Crippen LogP contribution in [0, 0.1) is 0 Å². The number of fused-ring (bicyclic) bond motifs is 2. The van der Waals surface area contributed by atoms with E-state index in [2.05, 4.69) is 48.3 Å². The maximum Gasteiger partial charge on any atom is 0.226 e. The molecule has 0 saturated carbocycles. The van der Waals surface area contributed by atoms with Gasteiger partial charge in [0, 0.05) is 47.8 Å². The van der Waals surface area contributed by atoms with Crippen LogP contribution in [0.3, 0.4) is 0 Å². The molecule has 1 fully saturated rings. The molecule has 0 aliphatic carbocycles. The Hall–Kier alpha value is -2.53. The van der Waals surface area contributed by atoms with E-state index in [0.717, 1.165) is 54.0 Å². The van der Waals surface area contributed by atoms with Crippen molar-refractivity contribution >= 4 is 16.9 Å². The molecule has 2 aliphatic rings. The molecule has 29 heavy (non-hydrogen) atoms. The van der Waals surface area contributed by atoms with Gasteiger partial charge in [-0.05, 0) is 58.2 Å². The van der Waals surface area contributed by atoms with Crippen molar-refractivity contribution in [1.82, 2.24) is 20.3 Å². The highest BCUT2D eigenvalue weighted by Crippen LogP contribution is 2.32. The second-order valence-corrected chi connectivity index (χ2v) is 8.50. The highest BCUT2D eigenvalue weighted by atomic mass is 15.3. The van der Waals surface area contributed by atoms with E-state index in [-0.39, 0.29) is 0 Å². The summed E-state index contributed by atoms with van der Waals surface area (Å²) in [6, 6.07) is 11.5. The van der Waals surface area contributed by atoms with Crippen LogP contribution in [0.15, 0.2) is 36.5 Å². The Morgan fingerprint density at radius 3 is 2.66 bits per heavy atom. The van der Waals surface area contributed by atoms with E-state index in [1.54, 1.807) is 0 Å². The van der Waals surface area contributed by atoms with Crippen LogP contribution in [-0.2, 0) is 12.8 Å². The molecule has 1 aromatic carbocycles. The van der Waals surface area contributed by atoms with Gasteiger partial charge in [0.25, 0.3) is 0 Å². The summed E-state index contributed by atoms with van der Waals surface area (Å²) in [6.45, 7) is 6.57. The third-order valence-electron chi connectivity index (χ3n) is 6.46. The number of anilines is 1. The zero-order chi connectivity index (χ0) is 19.8. The lowest BCUT2D eigenvalue weighted by Gasteiger charge is -2.39. The van der Waals surface area contributed by atoms with Crippen molar-refractivity contribution in [3.63, 3.8) is 0 Å². The van der Waals surface area contributed by atoms with Gasteiger partial charge >= 0.3 is 0 Å². The Morgan fingerprint density at radius 2 is 1.79 bits per heavy atom. The van der Waals surface area contributed by atoms with Crippen LogP contribution in [0.4, 0.5) is 5.95 Å². The van der Waals surface area contributed by atoms with Crippen molar-refractivity contribution < 1.29 is 0 Å². The monoisotopic (exact) mass is 387 g/mol. The van der Waals surface area contributed by atoms with Gasteiger partial charge < -0.3 is 10.2 Å². The van der Waals surface area contributed by atoms with Crippen LogP contribution in [0.5, 0.6) is 0 Å². The van der Waals surface area contributed by atoms with Crippen molar-refractivity contribution in [3.05, 3.63) is 47.8 Å². The topological polar surface area (TPSA) is 53.9 Å². The minimum absolute atomic E-state index is 0.475. The summed E-state index contributed by atoms with van der Waals surface area (Å²) >= 11 is 0. The highest BCUT2D eigenvalue weighted by molar-refractivity contribution is 5.83. The fraction of sp³-hybridized carbons (Fsp3) is 0.458. The molecule has 5 heteroatoms. The third-order valence-corrected chi connectivity index (χ3v) is 6.46. The van der Waals surface area contributed by atoms with E-state index in [4.69, 9.17) is 15.0 Å². The number of nitrogens with zero attached hydrogens (tertiary/aromatic N) is 4. The van der Waals surface area contributed by atoms with Gasteiger partial charge in [0.2, 0.25) is 5.95 Å². The van der Waals surface area contributed by atoms with E-state index in [1.165, 1.54) is 30.5 Å². The lowest BCUT2D eigenvalue weighted by molar-refractivity contribution is 0.407. The number of rotatable bonds is 2. The number of piperidine rings is 1. The molecule has 0 unspecified atom stereocenters. The fourth-order valence-corrected chi connectivity index (χ4v) is 4.90. The molecular formula is C24H29N5. The predicted molar refractivity (Wildman–Crippen MR) is 118 cm³/mol. The molecule has 4 heterocycles. The van der Waals surface area contributed by atoms with Gasteiger partial charge in [0.05, 0.1) is 16.9 Å². The predicted octanol–water partition coefficient (Wildman–Crippen LogP) is 4.15. The minimum Gasteiger partial charge on any atom is -0.335 e. The highest BCUT2D eigenvalue weighted by Gasteiger charge is 2.29. The average molecular weight is 388 g/mol. The molecule has 1 N–H and O–H groups in total. The molecule has 1 saturated heterocycles. The zero-order valence-corrected chi connectivity index (χ0v) is 17.4. The van der Waals surface area contributed by atoms with Gasteiger partial charge in [-0.3, -0.25) is 4.98 Å². The van der Waals surface area contributed by atoms with E-state index < -0.39 is 0 Å². The molecule has 0 bridgehead atoms. The molecule has 0 radical (unpaired) electrons. The van der Waals surface area contributed by atoms with Crippen LogP contribution >= 0.6 is 0 Å². The number of hydrogen-bond donors (Lipinski definition) is 1. The Bertz CT molecular complexity index is 1020. The maximum atomic E-state index is 5.18. The molecular weight excluding hydrogens is 358 g/mol. The van der Waals surface area contributed by atoms with Crippen LogP contribution in [0.2, 0.25) is 0 Å². The van der Waals surface area contributed by atoms with Gasteiger partial charge in [-0.15, -0.1) is 0 Å². The quantitative estimate of drug-likeness (QED) is 0.716. The standard InChI is InChI=1S/C24H29N5/c1-16-6-5-7-17(2)29(16)24-27-22-11-13-25-12-10-20(22)23(28-24)19-14-18-8-3-4-9-21(18)26-15-19/h3-4,8-9,14-17,25H,5-7,10-13H2,1-2H3/t16-,17+. The van der Waals surface area contributed by atoms with Gasteiger partial charge in [-0.25, -0.2) is 9.97 Å². The van der Waals surface area contributed by atoms with E-state index in [0.29, 0.717) is 12.1 Å². The zero-order valence-electron chi connectivity index (χ0n) is 17.4. The average Bonchev–Trinajstić information content (AvgIpc) is 2.98. The normalized spacial score (nSPS) is 22.3. The fourth-order valence-electron chi connectivity index (χ4n) is 4.90. The summed E-state index contributed by atoms with van der Waals surface area (Å²) < 4.78 is 0. The van der Waals surface area contributed by atoms with E-state index in [9.17, 15) is 0 Å². The molecule has 2 aromatic heterocycles. The number of hydrogen-bond acceptors (Lipinski definition) is 5. The Kier molecular flexibility index (Phi) is 4.92. The second kappa shape index (κ2) is 7.71. The number of pyridine rings is 1. The van der Waals surface area contributed by atoms with Crippen molar-refractivity contribution in [3.8, 4) is 11.3 Å². The first-order valence-electron chi connectivity index (χ1n) is 10.9. The first-order chi connectivity index (χ1) is 14.2. The van der Waals surface area contributed by atoms with Gasteiger partial charge in [0.15, 0.2) is 0 Å². The summed E-state index contributed by atoms with van der Waals surface area (Å²) in [7, 11) is 0. The lowest BCUT2D eigenvalue weighted by Crippen LogP contribution is -2.45. The van der Waals surface area contributed by atoms with E-state index >= 15 is 0 Å². The van der Waals surface area contributed by atoms with Crippen LogP contribution in [0.25, 0.3) is 22.2 Å². The largest absolute Gasteiger partial charge is 0.335 e. The van der Waals surface area contributed by atoms with Crippen LogP contribution in [-0.4, -0.2) is 40.1 Å². The van der Waals surface area contributed by atoms with Gasteiger partial charge in [-0.2, -0.15) is 0 Å². The van der Waals surface area contributed by atoms with Crippen LogP contribution in [0.1, 0.15) is 44.4 Å². The first-order valence-corrected chi connectivity index (χ1v) is 10.9. The summed E-state index contributed by atoms with van der Waals surface area (Å²) in [5.74, 6) is 0.897. The van der Waals surface area contributed by atoms with Crippen molar-refractivity contribution in [2.75, 3.05) is 18.0 Å². The van der Waals surface area contributed by atoms with Crippen LogP contribution < -0.4 is 10.2 Å². The first kappa shape index (κ1) is 18.5. The Labute approximate surface area is 172 Å². The summed E-state index contributed by atoms with van der Waals surface area (Å²) in [5.41, 5.74) is 5.68. The molecule has 5 nitrogen and oxygen atoms in total. The molecule has 5 rings (SSSR count). The molecule has 3 aromatic rings. The summed E-state index contributed by atoms with van der Waals surface area (Å²) in [5, 5.41) is 4.68. The SMILES string of the molecule is C[C@@H]1CCC[C@H](C)N1c1nc2c(c(-c3cnc4ccccc4c3)n1)CCNCC2. The van der Waals surface area contributed by atoms with E-state index in [1.807, 2.05) is 12.3 Å². The maximum absolute atomic E-state index is 5.18. The minimum atomic E-state index is 0.475. The van der Waals surface area contributed by atoms with Gasteiger partial charge in [0.1, 0.15) is 0 Å². The molecule has 0 spiro atoms. The van der Waals surface area contributed by atoms with Crippen molar-refractivity contribution in [1.29, 1.82) is 0 Å².